The summed E-state index contributed by atoms with van der Waals surface area (Å²) < 4.78 is 10.8. The average Bonchev–Trinajstić information content (AvgIpc) is 3.02. The Hall–Kier alpha value is -3.54. The molecule has 3 aromatic carbocycles. The minimum Gasteiger partial charge on any atom is -0.398 e. The maximum absolute atomic E-state index is 14.5. The molecule has 2 amide bonds. The Labute approximate surface area is 244 Å². The molecule has 1 aliphatic heterocycles. The number of halogens is 2. The summed E-state index contributed by atoms with van der Waals surface area (Å²) in [6.07, 6.45) is 0. The van der Waals surface area contributed by atoms with Crippen LogP contribution in [0.1, 0.15) is 53.0 Å². The van der Waals surface area contributed by atoms with Gasteiger partial charge in [0.15, 0.2) is 0 Å². The number of nitrogen functional groups attached to an aromatic ring is 1. The molecule has 0 spiro atoms. The molecule has 3 aromatic rings. The first kappa shape index (κ1) is 29.4. The van der Waals surface area contributed by atoms with Crippen LogP contribution in [0.5, 0.6) is 0 Å². The lowest BCUT2D eigenvalue weighted by Crippen LogP contribution is -2.44. The second-order valence-corrected chi connectivity index (χ2v) is 10.2. The van der Waals surface area contributed by atoms with Gasteiger partial charge in [-0.2, -0.15) is 0 Å². The van der Waals surface area contributed by atoms with E-state index < -0.39 is 12.1 Å². The number of hydrogen-bond donors (Lipinski definition) is 1. The summed E-state index contributed by atoms with van der Waals surface area (Å²) in [5.74, 6) is 5.29. The van der Waals surface area contributed by atoms with Crippen molar-refractivity contribution in [3.8, 4) is 11.8 Å². The van der Waals surface area contributed by atoms with Gasteiger partial charge in [-0.05, 0) is 67.4 Å². The van der Waals surface area contributed by atoms with Gasteiger partial charge < -0.3 is 25.0 Å². The Kier molecular flexibility index (Phi) is 9.72. The Morgan fingerprint density at radius 3 is 2.38 bits per heavy atom. The van der Waals surface area contributed by atoms with Crippen molar-refractivity contribution in [2.24, 2.45) is 0 Å². The molecule has 0 aromatic heterocycles. The second kappa shape index (κ2) is 13.2. The van der Waals surface area contributed by atoms with Crippen LogP contribution in [-0.4, -0.2) is 50.2 Å². The predicted molar refractivity (Wildman–Crippen MR) is 159 cm³/mol. The molecule has 4 rings (SSSR count). The molecule has 0 fully saturated rings. The molecule has 0 aliphatic carbocycles. The lowest BCUT2D eigenvalue weighted by atomic mass is 9.97. The van der Waals surface area contributed by atoms with Gasteiger partial charge in [-0.25, -0.2) is 0 Å². The number of nitrogens with two attached hydrogens (primary N) is 1. The van der Waals surface area contributed by atoms with Crippen molar-refractivity contribution in [2.45, 2.75) is 25.9 Å². The number of nitrogens with zero attached hydrogens (tertiary/aromatic N) is 2. The van der Waals surface area contributed by atoms with Crippen LogP contribution in [0, 0.1) is 11.8 Å². The first-order valence-corrected chi connectivity index (χ1v) is 13.6. The number of carbonyl (C=O) groups excluding carboxylic acids is 2. The zero-order chi connectivity index (χ0) is 28.8. The van der Waals surface area contributed by atoms with Crippen molar-refractivity contribution in [3.63, 3.8) is 0 Å². The van der Waals surface area contributed by atoms with E-state index in [9.17, 15) is 9.59 Å². The third kappa shape index (κ3) is 6.27. The topological polar surface area (TPSA) is 85.1 Å². The van der Waals surface area contributed by atoms with E-state index in [1.807, 2.05) is 13.0 Å². The molecule has 208 valence electrons. The highest BCUT2D eigenvalue weighted by Gasteiger charge is 2.43. The van der Waals surface area contributed by atoms with Gasteiger partial charge in [0.1, 0.15) is 6.04 Å². The number of hydrogen-bond acceptors (Lipinski definition) is 5. The second-order valence-electron chi connectivity index (χ2n) is 9.32. The quantitative estimate of drug-likeness (QED) is 0.194. The maximum atomic E-state index is 14.5. The van der Waals surface area contributed by atoms with E-state index in [0.29, 0.717) is 56.9 Å². The Bertz CT molecular complexity index is 1450. The Morgan fingerprint density at radius 2 is 1.70 bits per heavy atom. The van der Waals surface area contributed by atoms with Crippen LogP contribution in [0.3, 0.4) is 0 Å². The van der Waals surface area contributed by atoms with E-state index in [2.05, 4.69) is 11.8 Å². The first-order chi connectivity index (χ1) is 19.3. The fraction of sp³-hybridized carbons (Fsp3) is 0.290. The molecule has 40 heavy (non-hydrogen) atoms. The molecule has 0 bridgehead atoms. The summed E-state index contributed by atoms with van der Waals surface area (Å²) in [6.45, 7) is 4.89. The molecule has 0 saturated heterocycles. The van der Waals surface area contributed by atoms with E-state index >= 15 is 0 Å². The van der Waals surface area contributed by atoms with Crippen LogP contribution < -0.4 is 10.6 Å². The maximum Gasteiger partial charge on any atom is 0.257 e. The number of ether oxygens (including phenoxy) is 2. The zero-order valence-corrected chi connectivity index (χ0v) is 24.1. The van der Waals surface area contributed by atoms with Crippen molar-refractivity contribution in [3.05, 3.63) is 93.0 Å². The monoisotopic (exact) mass is 579 g/mol. The van der Waals surface area contributed by atoms with E-state index in [1.165, 1.54) is 0 Å². The van der Waals surface area contributed by atoms with Gasteiger partial charge in [-0.3, -0.25) is 9.59 Å². The number of rotatable bonds is 9. The van der Waals surface area contributed by atoms with Gasteiger partial charge in [0.05, 0.1) is 37.1 Å². The van der Waals surface area contributed by atoms with Crippen LogP contribution in [0.25, 0.3) is 0 Å². The Morgan fingerprint density at radius 1 is 0.975 bits per heavy atom. The number of anilines is 2. The SMILES string of the molecule is CC#Cc1ccc2c(c1)C(=O)N([C@H](C)c1ccc(Cl)cc1N)[C@@H](c1ccc(Cl)cc1)C(=O)N2CCOCCOC. The van der Waals surface area contributed by atoms with E-state index in [-0.39, 0.29) is 25.0 Å². The molecule has 0 radical (unpaired) electrons. The third-order valence-corrected chi connectivity index (χ3v) is 7.28. The molecule has 1 aliphatic rings. The number of amides is 2. The predicted octanol–water partition coefficient (Wildman–Crippen LogP) is 5.90. The standard InChI is InChI=1S/C31H31Cl2N3O4/c1-4-5-21-6-13-28-26(18-21)30(37)36(20(2)25-12-11-24(33)19-27(25)34)29(22-7-9-23(32)10-8-22)31(38)35(28)14-15-40-17-16-39-3/h6-13,18-20,29H,14-17,34H2,1-3H3/t20-,29+/m1/s1. The first-order valence-electron chi connectivity index (χ1n) is 12.8. The molecule has 2 N–H and O–H groups in total. The van der Waals surface area contributed by atoms with Crippen LogP contribution in [0.4, 0.5) is 11.4 Å². The average molecular weight is 581 g/mol. The van der Waals surface area contributed by atoms with Gasteiger partial charge >= 0.3 is 0 Å². The third-order valence-electron chi connectivity index (χ3n) is 6.79. The highest BCUT2D eigenvalue weighted by atomic mass is 35.5. The highest BCUT2D eigenvalue weighted by Crippen LogP contribution is 2.41. The van der Waals surface area contributed by atoms with E-state index in [1.54, 1.807) is 78.4 Å². The fourth-order valence-electron chi connectivity index (χ4n) is 4.86. The van der Waals surface area contributed by atoms with Gasteiger partial charge in [0.2, 0.25) is 0 Å². The lowest BCUT2D eigenvalue weighted by molar-refractivity contribution is -0.124. The number of fused-ring (bicyclic) bond motifs is 1. The minimum atomic E-state index is -0.970. The molecular formula is C31H31Cl2N3O4. The van der Waals surface area contributed by atoms with Crippen LogP contribution in [-0.2, 0) is 14.3 Å². The van der Waals surface area contributed by atoms with E-state index in [4.69, 9.17) is 38.4 Å². The molecular weight excluding hydrogens is 549 g/mol. The number of carbonyl (C=O) groups is 2. The van der Waals surface area contributed by atoms with Gasteiger partial charge in [-0.1, -0.05) is 47.3 Å². The van der Waals surface area contributed by atoms with Crippen molar-refractivity contribution in [1.82, 2.24) is 4.90 Å². The van der Waals surface area contributed by atoms with Gasteiger partial charge in [0, 0.05) is 35.0 Å². The van der Waals surface area contributed by atoms with Crippen molar-refractivity contribution < 1.29 is 19.1 Å². The summed E-state index contributed by atoms with van der Waals surface area (Å²) in [5.41, 5.74) is 9.60. The number of benzene rings is 3. The highest BCUT2D eigenvalue weighted by molar-refractivity contribution is 6.31. The summed E-state index contributed by atoms with van der Waals surface area (Å²) in [4.78, 5) is 32.2. The molecule has 0 saturated carbocycles. The van der Waals surface area contributed by atoms with Crippen molar-refractivity contribution in [2.75, 3.05) is 44.1 Å². The van der Waals surface area contributed by atoms with Crippen molar-refractivity contribution >= 4 is 46.4 Å². The summed E-state index contributed by atoms with van der Waals surface area (Å²) in [7, 11) is 1.60. The lowest BCUT2D eigenvalue weighted by Gasteiger charge is -2.36. The molecule has 0 unspecified atom stereocenters. The molecule has 9 heteroatoms. The molecule has 2 atom stereocenters. The Balaban J connectivity index is 1.89. The fourth-order valence-corrected chi connectivity index (χ4v) is 5.17. The van der Waals surface area contributed by atoms with Gasteiger partial charge in [0.25, 0.3) is 11.8 Å². The van der Waals surface area contributed by atoms with Gasteiger partial charge in [-0.15, -0.1) is 5.92 Å². The number of methoxy groups -OCH3 is 1. The minimum absolute atomic E-state index is 0.233. The molecule has 1 heterocycles. The summed E-state index contributed by atoms with van der Waals surface area (Å²) in [6, 6.07) is 15.8. The smallest absolute Gasteiger partial charge is 0.257 e. The van der Waals surface area contributed by atoms with Crippen LogP contribution in [0.15, 0.2) is 60.7 Å². The summed E-state index contributed by atoms with van der Waals surface area (Å²) >= 11 is 12.4. The zero-order valence-electron chi connectivity index (χ0n) is 22.6. The van der Waals surface area contributed by atoms with E-state index in [0.717, 1.165) is 0 Å². The van der Waals surface area contributed by atoms with Crippen LogP contribution >= 0.6 is 23.2 Å². The van der Waals surface area contributed by atoms with Crippen molar-refractivity contribution in [1.29, 1.82) is 0 Å². The summed E-state index contributed by atoms with van der Waals surface area (Å²) in [5, 5.41) is 1.00. The largest absolute Gasteiger partial charge is 0.398 e. The normalized spacial score (nSPS) is 15.8. The van der Waals surface area contributed by atoms with Crippen LogP contribution in [0.2, 0.25) is 10.0 Å². The molecule has 7 nitrogen and oxygen atoms in total.